The van der Waals surface area contributed by atoms with Crippen molar-refractivity contribution in [1.29, 1.82) is 0 Å². The van der Waals surface area contributed by atoms with Gasteiger partial charge in [0.25, 0.3) is 0 Å². The lowest BCUT2D eigenvalue weighted by Gasteiger charge is -2.35. The van der Waals surface area contributed by atoms with E-state index in [9.17, 15) is 0 Å². The Labute approximate surface area is 151 Å². The lowest BCUT2D eigenvalue weighted by atomic mass is 10.1. The van der Waals surface area contributed by atoms with Gasteiger partial charge in [0.2, 0.25) is 0 Å². The Balaban J connectivity index is 1.63. The van der Waals surface area contributed by atoms with Crippen LogP contribution in [0.2, 0.25) is 0 Å². The Hall–Kier alpha value is -1.88. The predicted octanol–water partition coefficient (Wildman–Crippen LogP) is 2.77. The highest BCUT2D eigenvalue weighted by molar-refractivity contribution is 5.27. The fraction of sp³-hybridized carbons (Fsp3) is 0.429. The summed E-state index contributed by atoms with van der Waals surface area (Å²) in [6, 6.07) is 19.4. The van der Waals surface area contributed by atoms with E-state index in [1.165, 1.54) is 11.1 Å². The first kappa shape index (κ1) is 17.9. The molecule has 1 aliphatic heterocycles. The zero-order chi connectivity index (χ0) is 17.5. The van der Waals surface area contributed by atoms with Gasteiger partial charge in [-0.25, -0.2) is 0 Å². The average molecular weight is 339 g/mol. The second-order valence-corrected chi connectivity index (χ2v) is 6.80. The van der Waals surface area contributed by atoms with Crippen molar-refractivity contribution < 1.29 is 4.74 Å². The third-order valence-electron chi connectivity index (χ3n) is 4.95. The minimum Gasteiger partial charge on any atom is -0.497 e. The van der Waals surface area contributed by atoms with Crippen molar-refractivity contribution in [2.45, 2.75) is 12.6 Å². The summed E-state index contributed by atoms with van der Waals surface area (Å²) in [6.45, 7) is 6.50. The predicted molar refractivity (Wildman–Crippen MR) is 103 cm³/mol. The van der Waals surface area contributed by atoms with Crippen LogP contribution in [-0.2, 0) is 6.54 Å². The molecule has 0 spiro atoms. The Kier molecular flexibility index (Phi) is 6.45. The Morgan fingerprint density at radius 1 is 0.960 bits per heavy atom. The highest BCUT2D eigenvalue weighted by Gasteiger charge is 2.19. The van der Waals surface area contributed by atoms with Gasteiger partial charge < -0.3 is 15.0 Å². The first-order valence-electron chi connectivity index (χ1n) is 9.07. The van der Waals surface area contributed by atoms with Crippen LogP contribution >= 0.6 is 0 Å². The topological polar surface area (TPSA) is 27.7 Å². The number of hydrogen-bond acceptors (Lipinski definition) is 4. The quantitative estimate of drug-likeness (QED) is 0.839. The number of methoxy groups -OCH3 is 1. The molecule has 0 aromatic heterocycles. The second-order valence-electron chi connectivity index (χ2n) is 6.80. The summed E-state index contributed by atoms with van der Waals surface area (Å²) in [4.78, 5) is 4.97. The van der Waals surface area contributed by atoms with E-state index < -0.39 is 0 Å². The van der Waals surface area contributed by atoms with Gasteiger partial charge in [0.15, 0.2) is 0 Å². The van der Waals surface area contributed by atoms with Crippen LogP contribution in [0.5, 0.6) is 5.75 Å². The van der Waals surface area contributed by atoms with Gasteiger partial charge >= 0.3 is 0 Å². The fourth-order valence-corrected chi connectivity index (χ4v) is 3.25. The molecule has 0 bridgehead atoms. The van der Waals surface area contributed by atoms with Crippen molar-refractivity contribution >= 4 is 0 Å². The van der Waals surface area contributed by atoms with Gasteiger partial charge in [-0.15, -0.1) is 0 Å². The van der Waals surface area contributed by atoms with Crippen LogP contribution in [0.15, 0.2) is 54.6 Å². The standard InChI is InChI=1S/C21H29N3O/c1-23-12-14-24(15-13-23)17-21(19-6-4-3-5-7-19)22-16-18-8-10-20(25-2)11-9-18/h3-11,21-22H,12-17H2,1-2H3. The third-order valence-corrected chi connectivity index (χ3v) is 4.95. The van der Waals surface area contributed by atoms with E-state index >= 15 is 0 Å². The molecule has 25 heavy (non-hydrogen) atoms. The van der Waals surface area contributed by atoms with Gasteiger partial charge in [0, 0.05) is 45.3 Å². The molecule has 4 nitrogen and oxygen atoms in total. The van der Waals surface area contributed by atoms with Crippen LogP contribution in [0, 0.1) is 0 Å². The maximum atomic E-state index is 5.24. The Morgan fingerprint density at radius 2 is 1.64 bits per heavy atom. The Morgan fingerprint density at radius 3 is 2.28 bits per heavy atom. The lowest BCUT2D eigenvalue weighted by molar-refractivity contribution is 0.142. The number of piperazine rings is 1. The summed E-state index contributed by atoms with van der Waals surface area (Å²) in [6.07, 6.45) is 0. The highest BCUT2D eigenvalue weighted by Crippen LogP contribution is 2.17. The summed E-state index contributed by atoms with van der Waals surface area (Å²) in [5, 5.41) is 3.75. The molecular weight excluding hydrogens is 310 g/mol. The molecule has 3 rings (SSSR count). The zero-order valence-corrected chi connectivity index (χ0v) is 15.3. The van der Waals surface area contributed by atoms with Crippen molar-refractivity contribution in [2.75, 3.05) is 46.9 Å². The van der Waals surface area contributed by atoms with Gasteiger partial charge in [-0.3, -0.25) is 4.90 Å². The lowest BCUT2D eigenvalue weighted by Crippen LogP contribution is -2.47. The SMILES string of the molecule is COc1ccc(CNC(CN2CCN(C)CC2)c2ccccc2)cc1. The van der Waals surface area contributed by atoms with Crippen molar-refractivity contribution in [2.24, 2.45) is 0 Å². The first-order chi connectivity index (χ1) is 12.2. The molecule has 1 saturated heterocycles. The summed E-state index contributed by atoms with van der Waals surface area (Å²) >= 11 is 0. The zero-order valence-electron chi connectivity index (χ0n) is 15.3. The van der Waals surface area contributed by atoms with Crippen molar-refractivity contribution in [1.82, 2.24) is 15.1 Å². The van der Waals surface area contributed by atoms with Crippen molar-refractivity contribution in [3.63, 3.8) is 0 Å². The van der Waals surface area contributed by atoms with E-state index in [-0.39, 0.29) is 0 Å². The molecule has 4 heteroatoms. The summed E-state index contributed by atoms with van der Waals surface area (Å²) in [5.41, 5.74) is 2.63. The number of rotatable bonds is 7. The van der Waals surface area contributed by atoms with E-state index in [0.717, 1.165) is 45.0 Å². The molecule has 2 aromatic carbocycles. The number of nitrogens with one attached hydrogen (secondary N) is 1. The smallest absolute Gasteiger partial charge is 0.118 e. The fourth-order valence-electron chi connectivity index (χ4n) is 3.25. The third kappa shape index (κ3) is 5.30. The van der Waals surface area contributed by atoms with Crippen LogP contribution in [0.25, 0.3) is 0 Å². The van der Waals surface area contributed by atoms with Gasteiger partial charge in [0.1, 0.15) is 5.75 Å². The highest BCUT2D eigenvalue weighted by atomic mass is 16.5. The maximum Gasteiger partial charge on any atom is 0.118 e. The van der Waals surface area contributed by atoms with Gasteiger partial charge in [-0.1, -0.05) is 42.5 Å². The Bertz CT molecular complexity index is 621. The number of likely N-dealkylation sites (N-methyl/N-ethyl adjacent to an activating group) is 1. The normalized spacial score (nSPS) is 17.4. The van der Waals surface area contributed by atoms with Crippen LogP contribution in [0.3, 0.4) is 0 Å². The number of ether oxygens (including phenoxy) is 1. The molecule has 0 saturated carbocycles. The van der Waals surface area contributed by atoms with Crippen molar-refractivity contribution in [3.8, 4) is 5.75 Å². The molecule has 1 heterocycles. The van der Waals surface area contributed by atoms with E-state index in [1.807, 2.05) is 12.1 Å². The minimum absolute atomic E-state index is 0.340. The molecule has 1 N–H and O–H groups in total. The van der Waals surface area contributed by atoms with E-state index in [0.29, 0.717) is 6.04 Å². The van der Waals surface area contributed by atoms with Crippen LogP contribution in [0.1, 0.15) is 17.2 Å². The van der Waals surface area contributed by atoms with E-state index in [4.69, 9.17) is 4.74 Å². The number of nitrogens with zero attached hydrogens (tertiary/aromatic N) is 2. The van der Waals surface area contributed by atoms with Gasteiger partial charge in [0.05, 0.1) is 7.11 Å². The monoisotopic (exact) mass is 339 g/mol. The molecule has 1 atom stereocenters. The first-order valence-corrected chi connectivity index (χ1v) is 9.07. The molecular formula is C21H29N3O. The van der Waals surface area contributed by atoms with Crippen LogP contribution in [-0.4, -0.2) is 56.7 Å². The molecule has 1 fully saturated rings. The molecule has 0 radical (unpaired) electrons. The van der Waals surface area contributed by atoms with Crippen LogP contribution in [0.4, 0.5) is 0 Å². The summed E-state index contributed by atoms with van der Waals surface area (Å²) < 4.78 is 5.24. The minimum atomic E-state index is 0.340. The van der Waals surface area contributed by atoms with E-state index in [1.54, 1.807) is 7.11 Å². The molecule has 0 amide bonds. The van der Waals surface area contributed by atoms with Crippen molar-refractivity contribution in [3.05, 3.63) is 65.7 Å². The van der Waals surface area contributed by atoms with Gasteiger partial charge in [-0.2, -0.15) is 0 Å². The average Bonchev–Trinajstić information content (AvgIpc) is 2.68. The maximum absolute atomic E-state index is 5.24. The number of benzene rings is 2. The van der Waals surface area contributed by atoms with Crippen LogP contribution < -0.4 is 10.1 Å². The summed E-state index contributed by atoms with van der Waals surface area (Å²) in [7, 11) is 3.91. The van der Waals surface area contributed by atoms with Gasteiger partial charge in [-0.05, 0) is 30.3 Å². The molecule has 1 unspecified atom stereocenters. The second kappa shape index (κ2) is 8.99. The molecule has 134 valence electrons. The molecule has 0 aliphatic carbocycles. The summed E-state index contributed by atoms with van der Waals surface area (Å²) in [5.74, 6) is 0.904. The number of hydrogen-bond donors (Lipinski definition) is 1. The molecule has 2 aromatic rings. The molecule has 1 aliphatic rings. The van der Waals surface area contributed by atoms with E-state index in [2.05, 4.69) is 64.6 Å². The largest absolute Gasteiger partial charge is 0.497 e.